The lowest BCUT2D eigenvalue weighted by Gasteiger charge is -2.30. The highest BCUT2D eigenvalue weighted by Crippen LogP contribution is 2.22. The molecule has 0 bridgehead atoms. The van der Waals surface area contributed by atoms with Crippen LogP contribution in [0.4, 0.5) is 10.3 Å². The Labute approximate surface area is 162 Å². The summed E-state index contributed by atoms with van der Waals surface area (Å²) >= 11 is 0. The first-order valence-electron chi connectivity index (χ1n) is 9.35. The zero-order chi connectivity index (χ0) is 19.3. The standard InChI is InChI=1S/C20H21FN6O/c21-5-10-27-8-3-14(4-9-27)19(28)26-20-24-12-16-2-1-15(11-17(16)25-20)18-13-22-6-7-23-18/h1-2,6-7,11-14H,3-5,8-10H2,(H,24,25,26,28). The molecule has 1 saturated heterocycles. The number of hydrogen-bond donors (Lipinski definition) is 1. The molecule has 0 saturated carbocycles. The summed E-state index contributed by atoms with van der Waals surface area (Å²) in [6, 6.07) is 5.77. The number of anilines is 1. The fraction of sp³-hybridized carbons (Fsp3) is 0.350. The van der Waals surface area contributed by atoms with Crippen LogP contribution in [0.2, 0.25) is 0 Å². The van der Waals surface area contributed by atoms with E-state index < -0.39 is 0 Å². The molecule has 3 heterocycles. The van der Waals surface area contributed by atoms with Gasteiger partial charge in [0, 0.05) is 42.0 Å². The lowest BCUT2D eigenvalue weighted by Crippen LogP contribution is -2.39. The summed E-state index contributed by atoms with van der Waals surface area (Å²) in [4.78, 5) is 31.7. The third kappa shape index (κ3) is 4.12. The number of amides is 1. The summed E-state index contributed by atoms with van der Waals surface area (Å²) < 4.78 is 12.4. The number of carbonyl (C=O) groups is 1. The van der Waals surface area contributed by atoms with Crippen LogP contribution in [0.25, 0.3) is 22.2 Å². The Kier molecular flexibility index (Phi) is 5.48. The summed E-state index contributed by atoms with van der Waals surface area (Å²) in [6.07, 6.45) is 8.10. The van der Waals surface area contributed by atoms with Crippen molar-refractivity contribution in [1.82, 2.24) is 24.8 Å². The first kappa shape index (κ1) is 18.4. The van der Waals surface area contributed by atoms with Gasteiger partial charge < -0.3 is 4.90 Å². The Bertz CT molecular complexity index is 959. The number of hydrogen-bond acceptors (Lipinski definition) is 6. The first-order valence-corrected chi connectivity index (χ1v) is 9.35. The Morgan fingerprint density at radius 2 is 2.04 bits per heavy atom. The molecule has 0 atom stereocenters. The fourth-order valence-corrected chi connectivity index (χ4v) is 3.44. The van der Waals surface area contributed by atoms with Gasteiger partial charge in [0.25, 0.3) is 0 Å². The van der Waals surface area contributed by atoms with Crippen LogP contribution in [0.1, 0.15) is 12.8 Å². The Morgan fingerprint density at radius 3 is 2.79 bits per heavy atom. The number of nitrogens with one attached hydrogen (secondary N) is 1. The predicted octanol–water partition coefficient (Wildman–Crippen LogP) is 2.71. The highest BCUT2D eigenvalue weighted by Gasteiger charge is 2.25. The zero-order valence-electron chi connectivity index (χ0n) is 15.4. The molecule has 0 radical (unpaired) electrons. The van der Waals surface area contributed by atoms with Gasteiger partial charge in [-0.15, -0.1) is 0 Å². The number of benzene rings is 1. The number of likely N-dealkylation sites (tertiary alicyclic amines) is 1. The van der Waals surface area contributed by atoms with Gasteiger partial charge in [0.2, 0.25) is 11.9 Å². The number of aromatic nitrogens is 4. The number of carbonyl (C=O) groups excluding carboxylic acids is 1. The number of rotatable bonds is 5. The van der Waals surface area contributed by atoms with Crippen molar-refractivity contribution in [3.63, 3.8) is 0 Å². The van der Waals surface area contributed by atoms with Gasteiger partial charge in [-0.3, -0.25) is 20.1 Å². The molecule has 7 nitrogen and oxygen atoms in total. The molecule has 2 aromatic heterocycles. The quantitative estimate of drug-likeness (QED) is 0.733. The average Bonchev–Trinajstić information content (AvgIpc) is 2.74. The highest BCUT2D eigenvalue weighted by atomic mass is 19.1. The molecule has 1 aliphatic heterocycles. The largest absolute Gasteiger partial charge is 0.301 e. The molecule has 1 aromatic carbocycles. The van der Waals surface area contributed by atoms with E-state index in [1.54, 1.807) is 24.8 Å². The third-order valence-electron chi connectivity index (χ3n) is 5.04. The summed E-state index contributed by atoms with van der Waals surface area (Å²) in [5, 5.41) is 3.71. The molecule has 8 heteroatoms. The van der Waals surface area contributed by atoms with Crippen LogP contribution in [-0.2, 0) is 4.79 Å². The van der Waals surface area contributed by atoms with Gasteiger partial charge >= 0.3 is 0 Å². The van der Waals surface area contributed by atoms with Gasteiger partial charge in [0.15, 0.2) is 0 Å². The van der Waals surface area contributed by atoms with E-state index in [0.29, 0.717) is 12.5 Å². The molecule has 0 aliphatic carbocycles. The number of nitrogens with zero attached hydrogens (tertiary/aromatic N) is 5. The average molecular weight is 380 g/mol. The topological polar surface area (TPSA) is 83.9 Å². The molecule has 4 rings (SSSR count). The van der Waals surface area contributed by atoms with E-state index in [1.807, 2.05) is 23.1 Å². The van der Waals surface area contributed by atoms with Gasteiger partial charge in [0.05, 0.1) is 17.4 Å². The highest BCUT2D eigenvalue weighted by molar-refractivity contribution is 5.92. The summed E-state index contributed by atoms with van der Waals surface area (Å²) in [7, 11) is 0. The number of fused-ring (bicyclic) bond motifs is 1. The number of halogens is 1. The lowest BCUT2D eigenvalue weighted by molar-refractivity contribution is -0.121. The summed E-state index contributed by atoms with van der Waals surface area (Å²) in [5.41, 5.74) is 2.39. The van der Waals surface area contributed by atoms with Crippen molar-refractivity contribution in [3.8, 4) is 11.3 Å². The Balaban J connectivity index is 1.47. The van der Waals surface area contributed by atoms with E-state index in [0.717, 1.165) is 48.1 Å². The molecule has 3 aromatic rings. The molecular formula is C20H21FN6O. The van der Waals surface area contributed by atoms with E-state index in [-0.39, 0.29) is 18.5 Å². The third-order valence-corrected chi connectivity index (χ3v) is 5.04. The van der Waals surface area contributed by atoms with Crippen LogP contribution in [0, 0.1) is 5.92 Å². The minimum atomic E-state index is -0.349. The molecule has 0 spiro atoms. The number of piperidine rings is 1. The minimum absolute atomic E-state index is 0.0793. The molecule has 144 valence electrons. The van der Waals surface area contributed by atoms with Crippen LogP contribution in [-0.4, -0.2) is 57.1 Å². The van der Waals surface area contributed by atoms with E-state index >= 15 is 0 Å². The second kappa shape index (κ2) is 8.35. The van der Waals surface area contributed by atoms with Crippen molar-refractivity contribution in [3.05, 3.63) is 43.0 Å². The minimum Gasteiger partial charge on any atom is -0.301 e. The van der Waals surface area contributed by atoms with Crippen LogP contribution in [0.15, 0.2) is 43.0 Å². The van der Waals surface area contributed by atoms with Gasteiger partial charge in [-0.05, 0) is 32.0 Å². The lowest BCUT2D eigenvalue weighted by atomic mass is 9.96. The first-order chi connectivity index (χ1) is 13.7. The van der Waals surface area contributed by atoms with Crippen molar-refractivity contribution in [1.29, 1.82) is 0 Å². The zero-order valence-corrected chi connectivity index (χ0v) is 15.4. The predicted molar refractivity (Wildman–Crippen MR) is 104 cm³/mol. The summed E-state index contributed by atoms with van der Waals surface area (Å²) in [6.45, 7) is 1.57. The molecule has 1 aliphatic rings. The van der Waals surface area contributed by atoms with Gasteiger partial charge in [-0.2, -0.15) is 0 Å². The van der Waals surface area contributed by atoms with Gasteiger partial charge in [-0.1, -0.05) is 12.1 Å². The van der Waals surface area contributed by atoms with Crippen LogP contribution in [0.3, 0.4) is 0 Å². The fourth-order valence-electron chi connectivity index (χ4n) is 3.44. The number of alkyl halides is 1. The van der Waals surface area contributed by atoms with E-state index in [9.17, 15) is 9.18 Å². The molecule has 1 amide bonds. The molecule has 1 N–H and O–H groups in total. The SMILES string of the molecule is O=C(Nc1ncc2ccc(-c3cnccn3)cc2n1)C1CCN(CCF)CC1. The van der Waals surface area contributed by atoms with E-state index in [1.165, 1.54) is 0 Å². The smallest absolute Gasteiger partial charge is 0.229 e. The van der Waals surface area contributed by atoms with Crippen molar-refractivity contribution in [2.45, 2.75) is 12.8 Å². The Hall–Kier alpha value is -3.00. The summed E-state index contributed by atoms with van der Waals surface area (Å²) in [5.74, 6) is 0.116. The van der Waals surface area contributed by atoms with Crippen LogP contribution in [0.5, 0.6) is 0 Å². The monoisotopic (exact) mass is 380 g/mol. The maximum atomic E-state index is 12.6. The molecular weight excluding hydrogens is 359 g/mol. The van der Waals surface area contributed by atoms with Crippen molar-refractivity contribution in [2.24, 2.45) is 5.92 Å². The normalized spacial score (nSPS) is 15.6. The van der Waals surface area contributed by atoms with Crippen molar-refractivity contribution >= 4 is 22.8 Å². The Morgan fingerprint density at radius 1 is 1.18 bits per heavy atom. The van der Waals surface area contributed by atoms with Crippen LogP contribution >= 0.6 is 0 Å². The van der Waals surface area contributed by atoms with Crippen molar-refractivity contribution in [2.75, 3.05) is 31.6 Å². The maximum absolute atomic E-state index is 12.6. The second-order valence-corrected chi connectivity index (χ2v) is 6.85. The maximum Gasteiger partial charge on any atom is 0.229 e. The van der Waals surface area contributed by atoms with E-state index in [2.05, 4.69) is 25.3 Å². The molecule has 0 unspecified atom stereocenters. The van der Waals surface area contributed by atoms with E-state index in [4.69, 9.17) is 0 Å². The second-order valence-electron chi connectivity index (χ2n) is 6.85. The van der Waals surface area contributed by atoms with Gasteiger partial charge in [-0.25, -0.2) is 14.4 Å². The molecule has 28 heavy (non-hydrogen) atoms. The molecule has 1 fully saturated rings. The van der Waals surface area contributed by atoms with Crippen molar-refractivity contribution < 1.29 is 9.18 Å². The van der Waals surface area contributed by atoms with Gasteiger partial charge in [0.1, 0.15) is 6.67 Å². The van der Waals surface area contributed by atoms with Crippen LogP contribution < -0.4 is 5.32 Å².